The third kappa shape index (κ3) is 3.43. The summed E-state index contributed by atoms with van der Waals surface area (Å²) in [5, 5.41) is 2.83. The van der Waals surface area contributed by atoms with Gasteiger partial charge in [0.1, 0.15) is 24.5 Å². The van der Waals surface area contributed by atoms with Crippen LogP contribution >= 0.6 is 0 Å². The highest BCUT2D eigenvalue weighted by atomic mass is 16.5. The minimum atomic E-state index is -0.158. The maximum Gasteiger partial charge on any atom is 0.245 e. The van der Waals surface area contributed by atoms with Gasteiger partial charge in [0.05, 0.1) is 30.6 Å². The minimum absolute atomic E-state index is 0.158. The average Bonchev–Trinajstić information content (AvgIpc) is 3.06. The maximum atomic E-state index is 12.4. The van der Waals surface area contributed by atoms with Gasteiger partial charge in [-0.3, -0.25) is 4.79 Å². The molecule has 1 aliphatic rings. The Morgan fingerprint density at radius 1 is 1.16 bits per heavy atom. The number of ether oxygens (including phenoxy) is 1. The normalized spacial score (nSPS) is 14.6. The van der Waals surface area contributed by atoms with Crippen molar-refractivity contribution in [3.8, 4) is 0 Å². The molecule has 0 spiro atoms. The van der Waals surface area contributed by atoms with Gasteiger partial charge in [-0.25, -0.2) is 15.0 Å². The molecule has 3 heterocycles. The van der Waals surface area contributed by atoms with Gasteiger partial charge in [0.15, 0.2) is 0 Å². The topological polar surface area (TPSA) is 85.2 Å². The van der Waals surface area contributed by atoms with Crippen molar-refractivity contribution >= 4 is 28.6 Å². The van der Waals surface area contributed by atoms with E-state index in [1.165, 1.54) is 6.33 Å². The lowest BCUT2D eigenvalue weighted by Crippen LogP contribution is -2.36. The number of imidazole rings is 1. The van der Waals surface area contributed by atoms with Gasteiger partial charge in [0.2, 0.25) is 5.91 Å². The smallest absolute Gasteiger partial charge is 0.245 e. The number of morpholine rings is 1. The number of carbonyl (C=O) groups is 1. The van der Waals surface area contributed by atoms with E-state index >= 15 is 0 Å². The molecule has 1 aliphatic heterocycles. The third-order valence-electron chi connectivity index (χ3n) is 4.10. The molecule has 4 rings (SSSR count). The fourth-order valence-electron chi connectivity index (χ4n) is 2.85. The van der Waals surface area contributed by atoms with E-state index in [4.69, 9.17) is 4.74 Å². The number of amides is 1. The molecule has 0 atom stereocenters. The number of hydrogen-bond acceptors (Lipinski definition) is 6. The summed E-state index contributed by atoms with van der Waals surface area (Å²) in [5.41, 5.74) is 1.79. The van der Waals surface area contributed by atoms with E-state index < -0.39 is 0 Å². The summed E-state index contributed by atoms with van der Waals surface area (Å²) in [6, 6.07) is 9.50. The van der Waals surface area contributed by atoms with Crippen molar-refractivity contribution in [2.24, 2.45) is 0 Å². The Bertz CT molecular complexity index is 887. The lowest BCUT2D eigenvalue weighted by molar-refractivity contribution is -0.116. The van der Waals surface area contributed by atoms with Crippen LogP contribution in [0.2, 0.25) is 0 Å². The molecule has 128 valence electrons. The van der Waals surface area contributed by atoms with Crippen molar-refractivity contribution in [1.29, 1.82) is 0 Å². The number of aromatic nitrogens is 4. The van der Waals surface area contributed by atoms with Crippen molar-refractivity contribution in [3.63, 3.8) is 0 Å². The summed E-state index contributed by atoms with van der Waals surface area (Å²) >= 11 is 0. The van der Waals surface area contributed by atoms with E-state index in [0.29, 0.717) is 19.0 Å². The fourth-order valence-corrected chi connectivity index (χ4v) is 2.85. The molecular weight excluding hydrogens is 320 g/mol. The van der Waals surface area contributed by atoms with Crippen LogP contribution in [-0.4, -0.2) is 51.7 Å². The van der Waals surface area contributed by atoms with Gasteiger partial charge < -0.3 is 19.5 Å². The molecule has 8 nitrogen and oxygen atoms in total. The first kappa shape index (κ1) is 15.5. The first-order valence-corrected chi connectivity index (χ1v) is 8.14. The van der Waals surface area contributed by atoms with Crippen molar-refractivity contribution in [2.75, 3.05) is 36.5 Å². The predicted molar refractivity (Wildman–Crippen MR) is 93.4 cm³/mol. The van der Waals surface area contributed by atoms with Crippen molar-refractivity contribution in [1.82, 2.24) is 19.5 Å². The number of rotatable bonds is 4. The molecule has 0 aliphatic carbocycles. The standard InChI is InChI=1S/C17H18N6O2/c24-17(10-23-12-20-13-3-1-2-4-14(13)23)21-15-9-16(19-11-18-15)22-5-7-25-8-6-22/h1-4,9,11-12H,5-8,10H2,(H,18,19,21,24). The zero-order valence-electron chi connectivity index (χ0n) is 13.6. The molecule has 1 fully saturated rings. The molecule has 1 aromatic carbocycles. The first-order chi connectivity index (χ1) is 12.3. The lowest BCUT2D eigenvalue weighted by atomic mass is 10.3. The van der Waals surface area contributed by atoms with E-state index in [9.17, 15) is 4.79 Å². The Morgan fingerprint density at radius 3 is 2.88 bits per heavy atom. The lowest BCUT2D eigenvalue weighted by Gasteiger charge is -2.27. The van der Waals surface area contributed by atoms with Gasteiger partial charge in [-0.15, -0.1) is 0 Å². The summed E-state index contributed by atoms with van der Waals surface area (Å²) in [6.45, 7) is 3.10. The van der Waals surface area contributed by atoms with Gasteiger partial charge in [0, 0.05) is 19.2 Å². The molecule has 1 saturated heterocycles. The average molecular weight is 338 g/mol. The number of carbonyl (C=O) groups excluding carboxylic acids is 1. The van der Waals surface area contributed by atoms with Crippen molar-refractivity contribution in [2.45, 2.75) is 6.54 Å². The second kappa shape index (κ2) is 6.86. The van der Waals surface area contributed by atoms with E-state index in [1.54, 1.807) is 12.4 Å². The molecule has 3 aromatic rings. The molecule has 2 aromatic heterocycles. The number of anilines is 2. The summed E-state index contributed by atoms with van der Waals surface area (Å²) in [4.78, 5) is 27.2. The van der Waals surface area contributed by atoms with E-state index in [1.807, 2.05) is 28.8 Å². The summed E-state index contributed by atoms with van der Waals surface area (Å²) in [7, 11) is 0. The summed E-state index contributed by atoms with van der Waals surface area (Å²) in [6.07, 6.45) is 3.14. The molecule has 1 N–H and O–H groups in total. The van der Waals surface area contributed by atoms with Crippen LogP contribution in [-0.2, 0) is 16.1 Å². The minimum Gasteiger partial charge on any atom is -0.378 e. The summed E-state index contributed by atoms with van der Waals surface area (Å²) in [5.74, 6) is 1.13. The zero-order chi connectivity index (χ0) is 17.1. The SMILES string of the molecule is O=C(Cn1cnc2ccccc21)Nc1cc(N2CCOCC2)ncn1. The van der Waals surface area contributed by atoms with Crippen LogP contribution in [0.5, 0.6) is 0 Å². The fraction of sp³-hybridized carbons (Fsp3) is 0.294. The molecular formula is C17H18N6O2. The van der Waals surface area contributed by atoms with Crippen LogP contribution in [0.4, 0.5) is 11.6 Å². The maximum absolute atomic E-state index is 12.4. The van der Waals surface area contributed by atoms with Gasteiger partial charge >= 0.3 is 0 Å². The number of fused-ring (bicyclic) bond motifs is 1. The van der Waals surface area contributed by atoms with Crippen LogP contribution in [0.3, 0.4) is 0 Å². The van der Waals surface area contributed by atoms with Gasteiger partial charge in [-0.1, -0.05) is 12.1 Å². The van der Waals surface area contributed by atoms with Crippen LogP contribution in [0.1, 0.15) is 0 Å². The van der Waals surface area contributed by atoms with Crippen LogP contribution in [0, 0.1) is 0 Å². The first-order valence-electron chi connectivity index (χ1n) is 8.14. The number of hydrogen-bond donors (Lipinski definition) is 1. The van der Waals surface area contributed by atoms with Gasteiger partial charge in [0.25, 0.3) is 0 Å². The Labute approximate surface area is 144 Å². The number of nitrogens with one attached hydrogen (secondary N) is 1. The van der Waals surface area contributed by atoms with Crippen molar-refractivity contribution < 1.29 is 9.53 Å². The second-order valence-electron chi connectivity index (χ2n) is 5.77. The van der Waals surface area contributed by atoms with Crippen LogP contribution in [0.15, 0.2) is 43.0 Å². The number of benzene rings is 1. The van der Waals surface area contributed by atoms with Crippen LogP contribution in [0.25, 0.3) is 11.0 Å². The Balaban J connectivity index is 1.45. The Kier molecular flexibility index (Phi) is 4.26. The van der Waals surface area contributed by atoms with Gasteiger partial charge in [-0.2, -0.15) is 0 Å². The van der Waals surface area contributed by atoms with E-state index in [0.717, 1.165) is 29.9 Å². The molecule has 0 unspecified atom stereocenters. The Morgan fingerprint density at radius 2 is 2.00 bits per heavy atom. The monoisotopic (exact) mass is 338 g/mol. The van der Waals surface area contributed by atoms with Crippen LogP contribution < -0.4 is 10.2 Å². The zero-order valence-corrected chi connectivity index (χ0v) is 13.6. The predicted octanol–water partition coefficient (Wildman–Crippen LogP) is 1.30. The molecule has 1 amide bonds. The van der Waals surface area contributed by atoms with E-state index in [2.05, 4.69) is 25.2 Å². The van der Waals surface area contributed by atoms with E-state index in [-0.39, 0.29) is 12.5 Å². The number of nitrogens with zero attached hydrogens (tertiary/aromatic N) is 5. The Hall–Kier alpha value is -3.00. The molecule has 25 heavy (non-hydrogen) atoms. The van der Waals surface area contributed by atoms with Gasteiger partial charge in [-0.05, 0) is 12.1 Å². The molecule has 0 radical (unpaired) electrons. The molecule has 0 bridgehead atoms. The highest BCUT2D eigenvalue weighted by Gasteiger charge is 2.14. The van der Waals surface area contributed by atoms with Crippen molar-refractivity contribution in [3.05, 3.63) is 43.0 Å². The second-order valence-corrected chi connectivity index (χ2v) is 5.77. The third-order valence-corrected chi connectivity index (χ3v) is 4.10. The quantitative estimate of drug-likeness (QED) is 0.772. The number of para-hydroxylation sites is 2. The highest BCUT2D eigenvalue weighted by molar-refractivity contribution is 5.91. The summed E-state index contributed by atoms with van der Waals surface area (Å²) < 4.78 is 7.16. The largest absolute Gasteiger partial charge is 0.378 e. The highest BCUT2D eigenvalue weighted by Crippen LogP contribution is 2.16. The molecule has 8 heteroatoms. The molecule has 0 saturated carbocycles.